The number of hydrogen-bond donors (Lipinski definition) is 1. The summed E-state index contributed by atoms with van der Waals surface area (Å²) in [6.07, 6.45) is 0. The lowest BCUT2D eigenvalue weighted by atomic mass is 10.1. The Morgan fingerprint density at radius 3 is 2.33 bits per heavy atom. The lowest BCUT2D eigenvalue weighted by Crippen LogP contribution is -2.25. The number of carbonyl (C=O) groups is 1. The van der Waals surface area contributed by atoms with Gasteiger partial charge in [-0.1, -0.05) is 42.1 Å². The molecule has 1 aromatic heterocycles. The zero-order valence-corrected chi connectivity index (χ0v) is 20.0. The molecule has 33 heavy (non-hydrogen) atoms. The van der Waals surface area contributed by atoms with Crippen molar-refractivity contribution in [3.05, 3.63) is 53.7 Å². The van der Waals surface area contributed by atoms with Gasteiger partial charge in [-0.15, -0.1) is 0 Å². The van der Waals surface area contributed by atoms with Crippen molar-refractivity contribution in [3.63, 3.8) is 0 Å². The molecule has 3 aromatic rings. The molecule has 0 fully saturated rings. The normalized spacial score (nSPS) is 12.3. The van der Waals surface area contributed by atoms with Crippen LogP contribution in [-0.4, -0.2) is 41.0 Å². The van der Waals surface area contributed by atoms with Crippen LogP contribution in [0.25, 0.3) is 11.3 Å². The molecular formula is C25H29N3O4S. The van der Waals surface area contributed by atoms with E-state index in [1.807, 2.05) is 51.1 Å². The highest BCUT2D eigenvalue weighted by Gasteiger charge is 2.24. The lowest BCUT2D eigenvalue weighted by Gasteiger charge is -2.17. The predicted octanol–water partition coefficient (Wildman–Crippen LogP) is 4.78. The number of thioether (sulfide) groups is 1. The molecule has 0 atom stereocenters. The molecule has 0 aliphatic carbocycles. The molecule has 0 saturated carbocycles. The summed E-state index contributed by atoms with van der Waals surface area (Å²) in [6, 6.07) is 13.5. The maximum atomic E-state index is 13.2. The summed E-state index contributed by atoms with van der Waals surface area (Å²) >= 11 is 1.74. The van der Waals surface area contributed by atoms with Gasteiger partial charge in [-0.3, -0.25) is 4.79 Å². The van der Waals surface area contributed by atoms with E-state index in [2.05, 4.69) is 9.88 Å². The second-order valence-electron chi connectivity index (χ2n) is 7.34. The average molecular weight is 468 g/mol. The minimum atomic E-state index is -0.208. The topological polar surface area (TPSA) is 74.6 Å². The van der Waals surface area contributed by atoms with Crippen molar-refractivity contribution < 1.29 is 19.0 Å². The highest BCUT2D eigenvalue weighted by molar-refractivity contribution is 7.99. The van der Waals surface area contributed by atoms with Gasteiger partial charge >= 0.3 is 0 Å². The molecule has 7 nitrogen and oxygen atoms in total. The fourth-order valence-electron chi connectivity index (χ4n) is 3.83. The summed E-state index contributed by atoms with van der Waals surface area (Å²) < 4.78 is 19.5. The van der Waals surface area contributed by atoms with Gasteiger partial charge in [0.2, 0.25) is 5.75 Å². The van der Waals surface area contributed by atoms with Crippen LogP contribution in [0.3, 0.4) is 0 Å². The summed E-state index contributed by atoms with van der Waals surface area (Å²) in [5, 5.41) is 4.07. The number of rotatable bonds is 10. The van der Waals surface area contributed by atoms with Gasteiger partial charge in [-0.2, -0.15) is 0 Å². The monoisotopic (exact) mass is 467 g/mol. The molecule has 0 spiro atoms. The molecule has 0 unspecified atom stereocenters. The molecule has 174 valence electrons. The second kappa shape index (κ2) is 10.7. The highest BCUT2D eigenvalue weighted by atomic mass is 32.2. The zero-order chi connectivity index (χ0) is 23.2. The van der Waals surface area contributed by atoms with E-state index >= 15 is 0 Å². The van der Waals surface area contributed by atoms with Gasteiger partial charge in [0.05, 0.1) is 37.8 Å². The van der Waals surface area contributed by atoms with Crippen LogP contribution in [0.4, 0.5) is 0 Å². The lowest BCUT2D eigenvalue weighted by molar-refractivity contribution is 0.0949. The van der Waals surface area contributed by atoms with E-state index in [-0.39, 0.29) is 5.91 Å². The van der Waals surface area contributed by atoms with Crippen molar-refractivity contribution in [2.24, 2.45) is 0 Å². The standard InChI is InChI=1S/C25H29N3O4S/c1-4-30-20-14-18(15-21(31-5-2)23(20)32-6-3)24(29)26-16-19-22(17-10-8-7-9-11-17)27-25-28(19)12-13-33-25/h7-11,14-15H,4-6,12-13,16H2,1-3H3,(H,26,29). The largest absolute Gasteiger partial charge is 0.490 e. The molecule has 4 rings (SSSR count). The van der Waals surface area contributed by atoms with Gasteiger partial charge < -0.3 is 24.1 Å². The summed E-state index contributed by atoms with van der Waals surface area (Å²) in [6.45, 7) is 8.33. The fourth-order valence-corrected chi connectivity index (χ4v) is 4.79. The number of ether oxygens (including phenoxy) is 3. The third kappa shape index (κ3) is 4.95. The van der Waals surface area contributed by atoms with Gasteiger partial charge in [0.15, 0.2) is 16.7 Å². The SMILES string of the molecule is CCOc1cc(C(=O)NCc2c(-c3ccccc3)nc3n2CCS3)cc(OCC)c1OCC. The van der Waals surface area contributed by atoms with E-state index in [0.717, 1.165) is 34.4 Å². The Morgan fingerprint density at radius 2 is 1.70 bits per heavy atom. The molecule has 0 bridgehead atoms. The molecular weight excluding hydrogens is 438 g/mol. The number of carbonyl (C=O) groups excluding carboxylic acids is 1. The van der Waals surface area contributed by atoms with Crippen molar-refractivity contribution in [1.29, 1.82) is 0 Å². The quantitative estimate of drug-likeness (QED) is 0.462. The predicted molar refractivity (Wildman–Crippen MR) is 130 cm³/mol. The molecule has 1 N–H and O–H groups in total. The number of aromatic nitrogens is 2. The second-order valence-corrected chi connectivity index (χ2v) is 8.40. The highest BCUT2D eigenvalue weighted by Crippen LogP contribution is 2.39. The first-order valence-corrected chi connectivity index (χ1v) is 12.3. The van der Waals surface area contributed by atoms with E-state index in [1.165, 1.54) is 0 Å². The fraction of sp³-hybridized carbons (Fsp3) is 0.360. The summed E-state index contributed by atoms with van der Waals surface area (Å²) in [5.74, 6) is 2.31. The van der Waals surface area contributed by atoms with E-state index in [0.29, 0.717) is 49.2 Å². The molecule has 1 aliphatic rings. The Labute approximate surface area is 198 Å². The Balaban J connectivity index is 1.61. The van der Waals surface area contributed by atoms with E-state index < -0.39 is 0 Å². The molecule has 2 heterocycles. The first kappa shape index (κ1) is 23.0. The van der Waals surface area contributed by atoms with E-state index in [9.17, 15) is 4.79 Å². The Bertz CT molecular complexity index is 1090. The average Bonchev–Trinajstić information content (AvgIpc) is 3.42. The third-order valence-electron chi connectivity index (χ3n) is 5.22. The van der Waals surface area contributed by atoms with Crippen molar-refractivity contribution in [1.82, 2.24) is 14.9 Å². The first-order valence-electron chi connectivity index (χ1n) is 11.3. The molecule has 1 amide bonds. The third-order valence-corrected chi connectivity index (χ3v) is 6.18. The number of hydrogen-bond acceptors (Lipinski definition) is 6. The van der Waals surface area contributed by atoms with Crippen molar-refractivity contribution in [2.45, 2.75) is 39.0 Å². The van der Waals surface area contributed by atoms with Gasteiger partial charge in [-0.25, -0.2) is 4.98 Å². The zero-order valence-electron chi connectivity index (χ0n) is 19.2. The smallest absolute Gasteiger partial charge is 0.251 e. The van der Waals surface area contributed by atoms with Crippen LogP contribution >= 0.6 is 11.8 Å². The van der Waals surface area contributed by atoms with Gasteiger partial charge in [0, 0.05) is 23.4 Å². The Hall–Kier alpha value is -3.13. The minimum Gasteiger partial charge on any atom is -0.490 e. The number of fused-ring (bicyclic) bond motifs is 1. The maximum absolute atomic E-state index is 13.2. The first-order chi connectivity index (χ1) is 16.2. The summed E-state index contributed by atoms with van der Waals surface area (Å²) in [4.78, 5) is 18.0. The van der Waals surface area contributed by atoms with Crippen molar-refractivity contribution >= 4 is 17.7 Å². The van der Waals surface area contributed by atoms with Crippen molar-refractivity contribution in [3.8, 4) is 28.5 Å². The van der Waals surface area contributed by atoms with Crippen LogP contribution in [0.5, 0.6) is 17.2 Å². The summed E-state index contributed by atoms with van der Waals surface area (Å²) in [5.41, 5.74) is 3.43. The number of amides is 1. The minimum absolute atomic E-state index is 0.208. The number of nitrogens with one attached hydrogen (secondary N) is 1. The molecule has 2 aromatic carbocycles. The number of imidazole rings is 1. The van der Waals surface area contributed by atoms with E-state index in [4.69, 9.17) is 19.2 Å². The number of nitrogens with zero attached hydrogens (tertiary/aromatic N) is 2. The molecule has 1 aliphatic heterocycles. The van der Waals surface area contributed by atoms with Crippen LogP contribution in [-0.2, 0) is 13.1 Å². The molecule has 0 saturated heterocycles. The maximum Gasteiger partial charge on any atom is 0.251 e. The Morgan fingerprint density at radius 1 is 1.03 bits per heavy atom. The van der Waals surface area contributed by atoms with Gasteiger partial charge in [-0.05, 0) is 32.9 Å². The number of benzene rings is 2. The van der Waals surface area contributed by atoms with Crippen LogP contribution in [0.1, 0.15) is 36.8 Å². The van der Waals surface area contributed by atoms with Crippen molar-refractivity contribution in [2.75, 3.05) is 25.6 Å². The van der Waals surface area contributed by atoms with Crippen LogP contribution < -0.4 is 19.5 Å². The van der Waals surface area contributed by atoms with E-state index in [1.54, 1.807) is 23.9 Å². The van der Waals surface area contributed by atoms with Gasteiger partial charge in [0.25, 0.3) is 5.91 Å². The Kier molecular flexibility index (Phi) is 7.44. The van der Waals surface area contributed by atoms with Crippen LogP contribution in [0.15, 0.2) is 47.6 Å². The molecule has 8 heteroatoms. The molecule has 0 radical (unpaired) electrons. The summed E-state index contributed by atoms with van der Waals surface area (Å²) in [7, 11) is 0. The van der Waals surface area contributed by atoms with Gasteiger partial charge in [0.1, 0.15) is 0 Å². The van der Waals surface area contributed by atoms with Crippen LogP contribution in [0.2, 0.25) is 0 Å². The van der Waals surface area contributed by atoms with Crippen LogP contribution in [0, 0.1) is 0 Å².